The van der Waals surface area contributed by atoms with Crippen molar-refractivity contribution in [2.24, 2.45) is 17.3 Å². The van der Waals surface area contributed by atoms with E-state index >= 15 is 0 Å². The molecular weight excluding hydrogens is 336 g/mol. The Balaban J connectivity index is 1.60. The first-order valence-corrected chi connectivity index (χ1v) is 9.68. The molecule has 3 rings (SSSR count). The SMILES string of the molecule is CCOc1cccc(COC(=O)[C@@H]2[C@H](/C=C3\CCSC3=O)C2(C)C)c1. The molecule has 1 saturated heterocycles. The second-order valence-corrected chi connectivity index (χ2v) is 8.16. The lowest BCUT2D eigenvalue weighted by Gasteiger charge is -2.08. The van der Waals surface area contributed by atoms with Gasteiger partial charge in [-0.2, -0.15) is 0 Å². The lowest BCUT2D eigenvalue weighted by atomic mass is 10.1. The lowest BCUT2D eigenvalue weighted by molar-refractivity contribution is -0.147. The summed E-state index contributed by atoms with van der Waals surface area (Å²) < 4.78 is 11.0. The average Bonchev–Trinajstić information content (AvgIpc) is 2.88. The Morgan fingerprint density at radius 2 is 2.20 bits per heavy atom. The molecular formula is C20H24O4S. The van der Waals surface area contributed by atoms with Crippen molar-refractivity contribution in [2.45, 2.75) is 33.8 Å². The Hall–Kier alpha value is -1.75. The fourth-order valence-corrected chi connectivity index (χ4v) is 4.25. The van der Waals surface area contributed by atoms with Crippen molar-refractivity contribution in [1.29, 1.82) is 0 Å². The van der Waals surface area contributed by atoms with E-state index < -0.39 is 0 Å². The van der Waals surface area contributed by atoms with Crippen LogP contribution in [0.4, 0.5) is 0 Å². The van der Waals surface area contributed by atoms with Crippen LogP contribution < -0.4 is 4.74 Å². The van der Waals surface area contributed by atoms with Gasteiger partial charge in [-0.15, -0.1) is 0 Å². The molecule has 0 N–H and O–H groups in total. The summed E-state index contributed by atoms with van der Waals surface area (Å²) in [5, 5.41) is 0.155. The van der Waals surface area contributed by atoms with E-state index in [4.69, 9.17) is 9.47 Å². The summed E-state index contributed by atoms with van der Waals surface area (Å²) in [5.41, 5.74) is 1.63. The molecule has 0 radical (unpaired) electrons. The van der Waals surface area contributed by atoms with Gasteiger partial charge in [-0.05, 0) is 42.4 Å². The molecule has 2 fully saturated rings. The molecule has 0 amide bonds. The standard InChI is InChI=1S/C20H24O4S/c1-4-23-15-7-5-6-13(10-15)12-24-18(21)17-16(20(17,2)3)11-14-8-9-25-19(14)22/h5-7,10-11,16-17H,4,8-9,12H2,1-3H3/b14-11+/t16-,17-/m0/s1. The number of thioether (sulfide) groups is 1. The molecule has 1 aromatic carbocycles. The molecule has 0 spiro atoms. The predicted octanol–water partition coefficient (Wildman–Crippen LogP) is 3.99. The second-order valence-electron chi connectivity index (χ2n) is 7.09. The van der Waals surface area contributed by atoms with Crippen molar-refractivity contribution in [3.63, 3.8) is 0 Å². The number of carbonyl (C=O) groups is 2. The molecule has 0 aromatic heterocycles. The molecule has 1 aliphatic carbocycles. The number of ether oxygens (including phenoxy) is 2. The van der Waals surface area contributed by atoms with Gasteiger partial charge in [-0.3, -0.25) is 9.59 Å². The first-order chi connectivity index (χ1) is 11.9. The van der Waals surface area contributed by atoms with Crippen LogP contribution in [0.25, 0.3) is 0 Å². The molecule has 25 heavy (non-hydrogen) atoms. The molecule has 2 atom stereocenters. The zero-order valence-corrected chi connectivity index (χ0v) is 15.7. The van der Waals surface area contributed by atoms with Crippen molar-refractivity contribution >= 4 is 22.8 Å². The molecule has 1 heterocycles. The van der Waals surface area contributed by atoms with Crippen molar-refractivity contribution in [3.05, 3.63) is 41.5 Å². The number of benzene rings is 1. The minimum absolute atomic E-state index is 0.0902. The largest absolute Gasteiger partial charge is 0.494 e. The third-order valence-electron chi connectivity index (χ3n) is 5.00. The summed E-state index contributed by atoms with van der Waals surface area (Å²) in [5.74, 6) is 1.36. The zero-order chi connectivity index (χ0) is 18.0. The number of carbonyl (C=O) groups excluding carboxylic acids is 2. The molecule has 4 nitrogen and oxygen atoms in total. The van der Waals surface area contributed by atoms with Crippen LogP contribution in [0.15, 0.2) is 35.9 Å². The Bertz CT molecular complexity index is 707. The van der Waals surface area contributed by atoms with Gasteiger partial charge < -0.3 is 9.47 Å². The number of esters is 1. The number of hydrogen-bond donors (Lipinski definition) is 0. The van der Waals surface area contributed by atoms with Crippen LogP contribution in [-0.2, 0) is 20.9 Å². The van der Waals surface area contributed by atoms with Gasteiger partial charge in [-0.25, -0.2) is 0 Å². The van der Waals surface area contributed by atoms with Gasteiger partial charge in [0.25, 0.3) is 0 Å². The Morgan fingerprint density at radius 1 is 1.40 bits per heavy atom. The molecule has 5 heteroatoms. The van der Waals surface area contributed by atoms with Crippen LogP contribution in [0.3, 0.4) is 0 Å². The van der Waals surface area contributed by atoms with Crippen LogP contribution in [0.1, 0.15) is 32.8 Å². The summed E-state index contributed by atoms with van der Waals surface area (Å²) >= 11 is 1.36. The van der Waals surface area contributed by atoms with E-state index in [1.165, 1.54) is 11.8 Å². The van der Waals surface area contributed by atoms with E-state index in [0.717, 1.165) is 29.1 Å². The van der Waals surface area contributed by atoms with Crippen molar-refractivity contribution < 1.29 is 19.1 Å². The van der Waals surface area contributed by atoms with Crippen LogP contribution in [0.2, 0.25) is 0 Å². The number of rotatable bonds is 6. The monoisotopic (exact) mass is 360 g/mol. The minimum atomic E-state index is -0.188. The van der Waals surface area contributed by atoms with Crippen molar-refractivity contribution in [3.8, 4) is 5.75 Å². The summed E-state index contributed by atoms with van der Waals surface area (Å²) in [6.07, 6.45) is 2.81. The highest BCUT2D eigenvalue weighted by atomic mass is 32.2. The maximum atomic E-state index is 12.5. The Morgan fingerprint density at radius 3 is 2.88 bits per heavy atom. The van der Waals surface area contributed by atoms with Crippen molar-refractivity contribution in [2.75, 3.05) is 12.4 Å². The lowest BCUT2D eigenvalue weighted by Crippen LogP contribution is -2.10. The highest BCUT2D eigenvalue weighted by molar-refractivity contribution is 8.14. The van der Waals surface area contributed by atoms with Gasteiger partial charge in [0.2, 0.25) is 5.12 Å². The molecule has 0 unspecified atom stereocenters. The quantitative estimate of drug-likeness (QED) is 0.567. The normalized spacial score (nSPS) is 25.9. The van der Waals surface area contributed by atoms with E-state index in [9.17, 15) is 9.59 Å². The van der Waals surface area contributed by atoms with E-state index in [1.807, 2.05) is 37.3 Å². The van der Waals surface area contributed by atoms with E-state index in [-0.39, 0.29) is 34.9 Å². The van der Waals surface area contributed by atoms with Crippen LogP contribution >= 0.6 is 11.8 Å². The maximum absolute atomic E-state index is 12.5. The highest BCUT2D eigenvalue weighted by Crippen LogP contribution is 2.60. The third-order valence-corrected chi connectivity index (χ3v) is 5.94. The fourth-order valence-electron chi connectivity index (χ4n) is 3.39. The third kappa shape index (κ3) is 3.92. The Labute approximate surface area is 153 Å². The van der Waals surface area contributed by atoms with Crippen molar-refractivity contribution in [1.82, 2.24) is 0 Å². The smallest absolute Gasteiger partial charge is 0.310 e. The van der Waals surface area contributed by atoms with Gasteiger partial charge in [-0.1, -0.05) is 43.8 Å². The van der Waals surface area contributed by atoms with Gasteiger partial charge in [0.1, 0.15) is 12.4 Å². The Kier molecular flexibility index (Phi) is 5.23. The molecule has 2 aliphatic rings. The first kappa shape index (κ1) is 18.1. The predicted molar refractivity (Wildman–Crippen MR) is 98.3 cm³/mol. The van der Waals surface area contributed by atoms with Crippen LogP contribution in [-0.4, -0.2) is 23.4 Å². The zero-order valence-electron chi connectivity index (χ0n) is 14.9. The summed E-state index contributed by atoms with van der Waals surface area (Å²) in [6, 6.07) is 7.59. The fraction of sp³-hybridized carbons (Fsp3) is 0.500. The number of allylic oxidation sites excluding steroid dienone is 1. The minimum Gasteiger partial charge on any atom is -0.494 e. The summed E-state index contributed by atoms with van der Waals surface area (Å²) in [7, 11) is 0. The first-order valence-electron chi connectivity index (χ1n) is 8.69. The molecule has 1 aliphatic heterocycles. The molecule has 1 aromatic rings. The molecule has 134 valence electrons. The molecule has 0 bridgehead atoms. The van der Waals surface area contributed by atoms with E-state index in [1.54, 1.807) is 0 Å². The summed E-state index contributed by atoms with van der Waals surface area (Å²) in [4.78, 5) is 24.3. The van der Waals surface area contributed by atoms with E-state index in [2.05, 4.69) is 13.8 Å². The summed E-state index contributed by atoms with van der Waals surface area (Å²) in [6.45, 7) is 6.90. The van der Waals surface area contributed by atoms with Gasteiger partial charge in [0.05, 0.1) is 12.5 Å². The average molecular weight is 360 g/mol. The van der Waals surface area contributed by atoms with Gasteiger partial charge in [0.15, 0.2) is 0 Å². The topological polar surface area (TPSA) is 52.6 Å². The maximum Gasteiger partial charge on any atom is 0.310 e. The second kappa shape index (κ2) is 7.24. The van der Waals surface area contributed by atoms with Crippen LogP contribution in [0.5, 0.6) is 5.75 Å². The van der Waals surface area contributed by atoms with Gasteiger partial charge >= 0.3 is 5.97 Å². The highest BCUT2D eigenvalue weighted by Gasteiger charge is 2.61. The number of hydrogen-bond acceptors (Lipinski definition) is 5. The van der Waals surface area contributed by atoms with Gasteiger partial charge in [0, 0.05) is 11.3 Å². The van der Waals surface area contributed by atoms with E-state index in [0.29, 0.717) is 6.61 Å². The van der Waals surface area contributed by atoms with Crippen LogP contribution in [0, 0.1) is 17.3 Å². The molecule has 1 saturated carbocycles.